The van der Waals surface area contributed by atoms with E-state index in [0.717, 1.165) is 31.6 Å². The van der Waals surface area contributed by atoms with Crippen LogP contribution >= 0.6 is 11.6 Å². The van der Waals surface area contributed by atoms with Crippen molar-refractivity contribution < 1.29 is 14.3 Å². The fraction of sp³-hybridized carbons (Fsp3) is 0.579. The van der Waals surface area contributed by atoms with Gasteiger partial charge in [0.05, 0.1) is 24.0 Å². The number of benzene rings is 1. The van der Waals surface area contributed by atoms with Crippen molar-refractivity contribution in [1.29, 1.82) is 0 Å². The minimum absolute atomic E-state index is 0.0474. The number of fused-ring (bicyclic) bond motifs is 1. The molecule has 0 aliphatic carbocycles. The Morgan fingerprint density at radius 1 is 1.41 bits per heavy atom. The van der Waals surface area contributed by atoms with E-state index in [0.29, 0.717) is 23.8 Å². The first-order valence-corrected chi connectivity index (χ1v) is 9.86. The van der Waals surface area contributed by atoms with Crippen LogP contribution in [0.1, 0.15) is 18.4 Å². The highest BCUT2D eigenvalue weighted by Gasteiger charge is 2.47. The van der Waals surface area contributed by atoms with Gasteiger partial charge in [-0.2, -0.15) is 0 Å². The summed E-state index contributed by atoms with van der Waals surface area (Å²) in [5, 5.41) is 3.62. The number of hydrogen-bond donors (Lipinski definition) is 3. The number of ether oxygens (including phenoxy) is 1. The van der Waals surface area contributed by atoms with Gasteiger partial charge in [-0.3, -0.25) is 19.9 Å². The summed E-state index contributed by atoms with van der Waals surface area (Å²) >= 11 is 6.17. The van der Waals surface area contributed by atoms with Crippen molar-refractivity contribution in [3.05, 3.63) is 28.8 Å². The van der Waals surface area contributed by atoms with Crippen molar-refractivity contribution in [2.45, 2.75) is 31.9 Å². The van der Waals surface area contributed by atoms with E-state index >= 15 is 0 Å². The van der Waals surface area contributed by atoms with Crippen molar-refractivity contribution >= 4 is 29.1 Å². The summed E-state index contributed by atoms with van der Waals surface area (Å²) < 4.78 is 5.74. The highest BCUT2D eigenvalue weighted by atomic mass is 35.5. The Labute approximate surface area is 163 Å². The summed E-state index contributed by atoms with van der Waals surface area (Å²) in [4.78, 5) is 27.5. The summed E-state index contributed by atoms with van der Waals surface area (Å²) in [6.07, 6.45) is 2.30. The largest absolute Gasteiger partial charge is 0.377 e. The van der Waals surface area contributed by atoms with Crippen LogP contribution in [0.5, 0.6) is 0 Å². The van der Waals surface area contributed by atoms with Gasteiger partial charge in [-0.05, 0) is 37.5 Å². The van der Waals surface area contributed by atoms with Crippen molar-refractivity contribution in [3.63, 3.8) is 0 Å². The normalized spacial score (nSPS) is 30.8. The zero-order valence-corrected chi connectivity index (χ0v) is 16.1. The van der Waals surface area contributed by atoms with Gasteiger partial charge in [0, 0.05) is 37.0 Å². The molecule has 3 heterocycles. The van der Waals surface area contributed by atoms with Crippen molar-refractivity contribution in [3.8, 4) is 0 Å². The number of amides is 2. The van der Waals surface area contributed by atoms with Gasteiger partial charge in [0.15, 0.2) is 0 Å². The fourth-order valence-corrected chi connectivity index (χ4v) is 4.45. The van der Waals surface area contributed by atoms with Crippen LogP contribution in [0, 0.1) is 18.8 Å². The number of carbonyl (C=O) groups is 2. The third-order valence-electron chi connectivity index (χ3n) is 5.82. The number of rotatable bonds is 4. The highest BCUT2D eigenvalue weighted by molar-refractivity contribution is 6.31. The SMILES string of the molecule is Cc1c(Cl)cccc1NC(=O)C1CN(CC2CCCO2)CC2C(=O)NNC21. The predicted octanol–water partition coefficient (Wildman–Crippen LogP) is 1.32. The molecule has 0 radical (unpaired) electrons. The summed E-state index contributed by atoms with van der Waals surface area (Å²) in [6, 6.07) is 5.25. The van der Waals surface area contributed by atoms with E-state index in [1.54, 1.807) is 6.07 Å². The minimum atomic E-state index is -0.345. The Kier molecular flexibility index (Phi) is 5.36. The molecule has 1 aromatic carbocycles. The number of nitrogens with one attached hydrogen (secondary N) is 3. The number of halogens is 1. The molecule has 3 aliphatic heterocycles. The number of likely N-dealkylation sites (tertiary alicyclic amines) is 1. The maximum Gasteiger partial charge on any atom is 0.240 e. The first-order valence-electron chi connectivity index (χ1n) is 9.48. The third-order valence-corrected chi connectivity index (χ3v) is 6.23. The molecule has 8 heteroatoms. The Hall–Kier alpha value is -1.67. The molecule has 0 bridgehead atoms. The van der Waals surface area contributed by atoms with Gasteiger partial charge in [-0.15, -0.1) is 0 Å². The Balaban J connectivity index is 1.50. The number of anilines is 1. The van der Waals surface area contributed by atoms with E-state index < -0.39 is 0 Å². The van der Waals surface area contributed by atoms with Crippen LogP contribution < -0.4 is 16.2 Å². The quantitative estimate of drug-likeness (QED) is 0.719. The first kappa shape index (κ1) is 18.7. The van der Waals surface area contributed by atoms with E-state index in [-0.39, 0.29) is 35.8 Å². The molecule has 3 aliphatic rings. The predicted molar refractivity (Wildman–Crippen MR) is 102 cm³/mol. The second-order valence-corrected chi connectivity index (χ2v) is 8.03. The molecule has 2 amide bonds. The first-order chi connectivity index (χ1) is 13.0. The third kappa shape index (κ3) is 3.82. The van der Waals surface area contributed by atoms with Crippen molar-refractivity contribution in [2.24, 2.45) is 11.8 Å². The summed E-state index contributed by atoms with van der Waals surface area (Å²) in [6.45, 7) is 4.67. The molecule has 0 saturated carbocycles. The topological polar surface area (TPSA) is 82.7 Å². The monoisotopic (exact) mass is 392 g/mol. The Morgan fingerprint density at radius 2 is 2.26 bits per heavy atom. The average molecular weight is 393 g/mol. The molecule has 0 aromatic heterocycles. The number of piperidine rings is 1. The van der Waals surface area contributed by atoms with E-state index in [2.05, 4.69) is 21.1 Å². The number of hydrazine groups is 1. The van der Waals surface area contributed by atoms with Crippen LogP contribution in [0.25, 0.3) is 0 Å². The van der Waals surface area contributed by atoms with Gasteiger partial charge in [-0.25, -0.2) is 5.43 Å². The summed E-state index contributed by atoms with van der Waals surface area (Å²) in [5.74, 6) is -0.732. The molecule has 4 atom stereocenters. The fourth-order valence-electron chi connectivity index (χ4n) is 4.27. The van der Waals surface area contributed by atoms with Gasteiger partial charge in [-0.1, -0.05) is 17.7 Å². The lowest BCUT2D eigenvalue weighted by Crippen LogP contribution is -2.56. The average Bonchev–Trinajstić information content (AvgIpc) is 3.29. The van der Waals surface area contributed by atoms with Crippen LogP contribution in [0.2, 0.25) is 5.02 Å². The molecule has 0 spiro atoms. The van der Waals surface area contributed by atoms with E-state index in [1.165, 1.54) is 0 Å². The lowest BCUT2D eigenvalue weighted by molar-refractivity contribution is -0.127. The minimum Gasteiger partial charge on any atom is -0.377 e. The van der Waals surface area contributed by atoms with E-state index in [9.17, 15) is 9.59 Å². The molecule has 4 rings (SSSR count). The molecule has 4 unspecified atom stereocenters. The molecule has 27 heavy (non-hydrogen) atoms. The Morgan fingerprint density at radius 3 is 3.04 bits per heavy atom. The molecule has 1 aromatic rings. The maximum atomic E-state index is 13.1. The highest BCUT2D eigenvalue weighted by Crippen LogP contribution is 2.29. The molecular weight excluding hydrogens is 368 g/mol. The molecule has 3 N–H and O–H groups in total. The van der Waals surface area contributed by atoms with Gasteiger partial charge in [0.1, 0.15) is 0 Å². The number of hydrogen-bond acceptors (Lipinski definition) is 5. The van der Waals surface area contributed by atoms with Crippen molar-refractivity contribution in [2.75, 3.05) is 31.6 Å². The van der Waals surface area contributed by atoms with E-state index in [1.807, 2.05) is 19.1 Å². The molecule has 7 nitrogen and oxygen atoms in total. The van der Waals surface area contributed by atoms with Crippen LogP contribution in [-0.4, -0.2) is 55.1 Å². The molecule has 3 fully saturated rings. The maximum absolute atomic E-state index is 13.1. The van der Waals surface area contributed by atoms with Crippen molar-refractivity contribution in [1.82, 2.24) is 15.8 Å². The number of nitrogens with zero attached hydrogens (tertiary/aromatic N) is 1. The zero-order chi connectivity index (χ0) is 19.0. The second-order valence-electron chi connectivity index (χ2n) is 7.63. The summed E-state index contributed by atoms with van der Waals surface area (Å²) in [5.41, 5.74) is 7.26. The van der Waals surface area contributed by atoms with Crippen LogP contribution in [0.15, 0.2) is 18.2 Å². The van der Waals surface area contributed by atoms with Crippen LogP contribution in [-0.2, 0) is 14.3 Å². The van der Waals surface area contributed by atoms with Gasteiger partial charge >= 0.3 is 0 Å². The lowest BCUT2D eigenvalue weighted by Gasteiger charge is -2.39. The molecule has 3 saturated heterocycles. The zero-order valence-electron chi connectivity index (χ0n) is 15.3. The lowest BCUT2D eigenvalue weighted by atomic mass is 9.83. The van der Waals surface area contributed by atoms with Gasteiger partial charge in [0.2, 0.25) is 11.8 Å². The van der Waals surface area contributed by atoms with Gasteiger partial charge in [0.25, 0.3) is 0 Å². The smallest absolute Gasteiger partial charge is 0.240 e. The van der Waals surface area contributed by atoms with Crippen LogP contribution in [0.3, 0.4) is 0 Å². The van der Waals surface area contributed by atoms with Gasteiger partial charge < -0.3 is 10.1 Å². The summed E-state index contributed by atoms with van der Waals surface area (Å²) in [7, 11) is 0. The standard InChI is InChI=1S/C19H25ClN4O3/c1-11-15(20)5-2-6-16(11)21-18(25)13-9-24(8-12-4-3-7-27-12)10-14-17(13)22-23-19(14)26/h2,5-6,12-14,17,22H,3-4,7-10H2,1H3,(H,21,25)(H,23,26). The van der Waals surface area contributed by atoms with Crippen LogP contribution in [0.4, 0.5) is 5.69 Å². The number of carbonyl (C=O) groups excluding carboxylic acids is 2. The molecular formula is C19H25ClN4O3. The Bertz CT molecular complexity index is 738. The second kappa shape index (κ2) is 7.75. The van der Waals surface area contributed by atoms with E-state index in [4.69, 9.17) is 16.3 Å². The molecule has 146 valence electrons.